The van der Waals surface area contributed by atoms with Gasteiger partial charge in [-0.1, -0.05) is 6.07 Å². The molecule has 0 N–H and O–H groups in total. The van der Waals surface area contributed by atoms with Crippen LogP contribution in [0.1, 0.15) is 16.7 Å². The summed E-state index contributed by atoms with van der Waals surface area (Å²) in [4.78, 5) is 13.0. The van der Waals surface area contributed by atoms with Crippen molar-refractivity contribution in [1.29, 1.82) is 5.26 Å². The van der Waals surface area contributed by atoms with Crippen molar-refractivity contribution in [3.8, 4) is 28.8 Å². The number of aromatic nitrogens is 1. The van der Waals surface area contributed by atoms with Crippen molar-refractivity contribution >= 4 is 9.84 Å². The Kier molecular flexibility index (Phi) is 6.51. The number of sulfone groups is 1. The minimum atomic E-state index is -5.06. The zero-order valence-electron chi connectivity index (χ0n) is 18.8. The Morgan fingerprint density at radius 2 is 1.62 bits per heavy atom. The summed E-state index contributed by atoms with van der Waals surface area (Å²) in [6.45, 7) is -0.619. The predicted octanol–water partition coefficient (Wildman–Crippen LogP) is 5.40. The molecule has 0 fully saturated rings. The summed E-state index contributed by atoms with van der Waals surface area (Å²) in [5.41, 5.74) is -4.26. The number of nitrogens with zero attached hydrogens (tertiary/aromatic N) is 2. The molecule has 4 aromatic rings. The lowest BCUT2D eigenvalue weighted by atomic mass is 10.1. The minimum Gasteiger partial charge on any atom is -0.455 e. The van der Waals surface area contributed by atoms with Gasteiger partial charge >= 0.3 is 6.18 Å². The third-order valence-corrected chi connectivity index (χ3v) is 6.61. The summed E-state index contributed by atoms with van der Waals surface area (Å²) in [5.74, 6) is -2.00. The molecule has 4 rings (SSSR count). The second kappa shape index (κ2) is 9.33. The summed E-state index contributed by atoms with van der Waals surface area (Å²) in [7, 11) is -3.47. The molecule has 190 valence electrons. The van der Waals surface area contributed by atoms with Gasteiger partial charge in [0, 0.05) is 23.4 Å². The third kappa shape index (κ3) is 5.17. The van der Waals surface area contributed by atoms with E-state index in [4.69, 9.17) is 4.42 Å². The van der Waals surface area contributed by atoms with Gasteiger partial charge in [-0.3, -0.25) is 9.36 Å². The monoisotopic (exact) mass is 534 g/mol. The number of hydrogen-bond acceptors (Lipinski definition) is 5. The van der Waals surface area contributed by atoms with Crippen LogP contribution in [0.5, 0.6) is 0 Å². The average molecular weight is 534 g/mol. The number of rotatable bonds is 5. The van der Waals surface area contributed by atoms with Gasteiger partial charge in [0.15, 0.2) is 15.6 Å². The van der Waals surface area contributed by atoms with Gasteiger partial charge in [0.05, 0.1) is 22.7 Å². The Morgan fingerprint density at radius 1 is 0.973 bits per heavy atom. The topological polar surface area (TPSA) is 93.1 Å². The fourth-order valence-corrected chi connectivity index (χ4v) is 4.29. The normalized spacial score (nSPS) is 11.9. The molecule has 0 aliphatic heterocycles. The largest absolute Gasteiger partial charge is 0.455 e. The lowest BCUT2D eigenvalue weighted by molar-refractivity contribution is -0.137. The quantitative estimate of drug-likeness (QED) is 0.320. The van der Waals surface area contributed by atoms with E-state index in [2.05, 4.69) is 0 Å². The van der Waals surface area contributed by atoms with Gasteiger partial charge in [0.25, 0.3) is 5.56 Å². The summed E-state index contributed by atoms with van der Waals surface area (Å²) in [6.07, 6.45) is -4.03. The highest BCUT2D eigenvalue weighted by Gasteiger charge is 2.37. The number of furan rings is 1. The van der Waals surface area contributed by atoms with Crippen molar-refractivity contribution in [3.63, 3.8) is 0 Å². The van der Waals surface area contributed by atoms with Crippen LogP contribution in [0.4, 0.5) is 22.0 Å². The number of pyridine rings is 1. The van der Waals surface area contributed by atoms with Gasteiger partial charge in [0.1, 0.15) is 29.0 Å². The highest BCUT2D eigenvalue weighted by Crippen LogP contribution is 2.35. The maximum Gasteiger partial charge on any atom is 0.417 e. The van der Waals surface area contributed by atoms with Crippen LogP contribution in [0.3, 0.4) is 0 Å². The molecule has 0 bridgehead atoms. The number of nitriles is 1. The molecule has 0 saturated heterocycles. The Morgan fingerprint density at radius 3 is 2.19 bits per heavy atom. The summed E-state index contributed by atoms with van der Waals surface area (Å²) < 4.78 is 98.6. The van der Waals surface area contributed by atoms with Crippen LogP contribution in [-0.2, 0) is 22.6 Å². The Hall–Kier alpha value is -4.24. The molecule has 2 aromatic heterocycles. The maximum absolute atomic E-state index is 14.3. The van der Waals surface area contributed by atoms with Crippen LogP contribution in [0.15, 0.2) is 74.8 Å². The molecule has 0 spiro atoms. The first kappa shape index (κ1) is 25.8. The van der Waals surface area contributed by atoms with E-state index in [1.54, 1.807) is 0 Å². The molecule has 12 heteroatoms. The van der Waals surface area contributed by atoms with Crippen molar-refractivity contribution in [3.05, 3.63) is 99.3 Å². The SMILES string of the molecule is CS(=O)(=O)c1ccc(-c2ccc(-c3cc(C(F)(F)F)c(C#N)c(=O)n3Cc3ccc(F)cc3F)o2)cc1. The summed E-state index contributed by atoms with van der Waals surface area (Å²) >= 11 is 0. The first-order valence-corrected chi connectivity index (χ1v) is 12.3. The second-order valence-corrected chi connectivity index (χ2v) is 10.0. The van der Waals surface area contributed by atoms with Gasteiger partial charge < -0.3 is 4.42 Å². The average Bonchev–Trinajstić information content (AvgIpc) is 3.30. The van der Waals surface area contributed by atoms with Gasteiger partial charge in [-0.05, 0) is 48.5 Å². The molecule has 2 heterocycles. The van der Waals surface area contributed by atoms with Crippen molar-refractivity contribution in [2.45, 2.75) is 17.6 Å². The van der Waals surface area contributed by atoms with Gasteiger partial charge in [-0.15, -0.1) is 0 Å². The van der Waals surface area contributed by atoms with Crippen LogP contribution in [0.2, 0.25) is 0 Å². The standard InChI is InChI=1S/C25H15F5N2O4S/c1-37(34,35)17-6-3-14(4-7-17)22-8-9-23(36-22)21-11-19(25(28,29)30)18(12-31)24(33)32(21)13-15-2-5-16(26)10-20(15)27/h2-11H,13H2,1H3. The molecule has 0 radical (unpaired) electrons. The van der Waals surface area contributed by atoms with E-state index >= 15 is 0 Å². The molecule has 2 aromatic carbocycles. The van der Waals surface area contributed by atoms with Gasteiger partial charge in [0.2, 0.25) is 0 Å². The van der Waals surface area contributed by atoms with Crippen molar-refractivity contribution < 1.29 is 34.8 Å². The van der Waals surface area contributed by atoms with Crippen LogP contribution < -0.4 is 5.56 Å². The van der Waals surface area contributed by atoms with Crippen molar-refractivity contribution in [2.24, 2.45) is 0 Å². The van der Waals surface area contributed by atoms with E-state index in [1.807, 2.05) is 0 Å². The van der Waals surface area contributed by atoms with E-state index in [1.165, 1.54) is 42.5 Å². The lowest BCUT2D eigenvalue weighted by Crippen LogP contribution is -2.29. The van der Waals surface area contributed by atoms with E-state index in [-0.39, 0.29) is 22.0 Å². The number of alkyl halides is 3. The van der Waals surface area contributed by atoms with Gasteiger partial charge in [-0.25, -0.2) is 17.2 Å². The van der Waals surface area contributed by atoms with Crippen LogP contribution in [-0.4, -0.2) is 19.2 Å². The molecule has 6 nitrogen and oxygen atoms in total. The number of hydrogen-bond donors (Lipinski definition) is 0. The van der Waals surface area contributed by atoms with E-state index in [0.717, 1.165) is 23.0 Å². The molecule has 0 atom stereocenters. The Balaban J connectivity index is 1.89. The fraction of sp³-hybridized carbons (Fsp3) is 0.120. The van der Waals surface area contributed by atoms with E-state index in [9.17, 15) is 40.4 Å². The Labute approximate surface area is 206 Å². The molecule has 0 aliphatic rings. The van der Waals surface area contributed by atoms with Crippen molar-refractivity contribution in [2.75, 3.05) is 6.26 Å². The number of halogens is 5. The highest BCUT2D eigenvalue weighted by molar-refractivity contribution is 7.90. The predicted molar refractivity (Wildman–Crippen MR) is 122 cm³/mol. The van der Waals surface area contributed by atoms with E-state index < -0.39 is 56.6 Å². The number of benzene rings is 2. The van der Waals surface area contributed by atoms with Crippen LogP contribution in [0.25, 0.3) is 22.8 Å². The molecule has 37 heavy (non-hydrogen) atoms. The van der Waals surface area contributed by atoms with Crippen LogP contribution in [0, 0.1) is 23.0 Å². The van der Waals surface area contributed by atoms with E-state index in [0.29, 0.717) is 17.7 Å². The molecule has 0 aliphatic carbocycles. The smallest absolute Gasteiger partial charge is 0.417 e. The molecule has 0 unspecified atom stereocenters. The molecular weight excluding hydrogens is 519 g/mol. The lowest BCUT2D eigenvalue weighted by Gasteiger charge is -2.16. The van der Waals surface area contributed by atoms with Crippen molar-refractivity contribution in [1.82, 2.24) is 4.57 Å². The van der Waals surface area contributed by atoms with Crippen LogP contribution >= 0.6 is 0 Å². The second-order valence-electron chi connectivity index (χ2n) is 8.02. The minimum absolute atomic E-state index is 0.0418. The summed E-state index contributed by atoms with van der Waals surface area (Å²) in [5, 5.41) is 9.28. The molecular formula is C25H15F5N2O4S. The van der Waals surface area contributed by atoms with Gasteiger partial charge in [-0.2, -0.15) is 18.4 Å². The zero-order valence-corrected chi connectivity index (χ0v) is 19.6. The first-order chi connectivity index (χ1) is 17.3. The summed E-state index contributed by atoms with van der Waals surface area (Å²) in [6, 6.07) is 12.5. The molecule has 0 amide bonds. The third-order valence-electron chi connectivity index (χ3n) is 5.49. The molecule has 0 saturated carbocycles. The zero-order chi connectivity index (χ0) is 27.1. The fourth-order valence-electron chi connectivity index (χ4n) is 3.66. The Bertz CT molecular complexity index is 1710. The first-order valence-electron chi connectivity index (χ1n) is 10.4. The highest BCUT2D eigenvalue weighted by atomic mass is 32.2. The maximum atomic E-state index is 14.3.